The average Bonchev–Trinajstić information content (AvgIpc) is 2.35. The second-order valence-electron chi connectivity index (χ2n) is 4.52. The zero-order chi connectivity index (χ0) is 14.2. The summed E-state index contributed by atoms with van der Waals surface area (Å²) in [6, 6.07) is 6.23. The maximum atomic E-state index is 11.3. The molecular formula is C13H12O6. The summed E-state index contributed by atoms with van der Waals surface area (Å²) in [6.45, 7) is 0. The number of carboxylic acids is 3. The fourth-order valence-corrected chi connectivity index (χ4v) is 2.63. The lowest BCUT2D eigenvalue weighted by molar-refractivity contribution is -0.152. The molecule has 0 saturated carbocycles. The molecule has 6 heteroatoms. The van der Waals surface area contributed by atoms with Crippen molar-refractivity contribution in [3.05, 3.63) is 35.4 Å². The SMILES string of the molecule is O=C(O)C1CC(C(=O)O)C(C(=O)O)c2ccccc21. The van der Waals surface area contributed by atoms with Crippen LogP contribution in [0.15, 0.2) is 24.3 Å². The summed E-state index contributed by atoms with van der Waals surface area (Å²) in [5.41, 5.74) is 0.668. The fourth-order valence-electron chi connectivity index (χ4n) is 2.63. The highest BCUT2D eigenvalue weighted by molar-refractivity contribution is 5.88. The summed E-state index contributed by atoms with van der Waals surface area (Å²) in [4.78, 5) is 33.7. The second-order valence-corrected chi connectivity index (χ2v) is 4.52. The van der Waals surface area contributed by atoms with Gasteiger partial charge in [-0.2, -0.15) is 0 Å². The van der Waals surface area contributed by atoms with Gasteiger partial charge in [-0.05, 0) is 17.5 Å². The van der Waals surface area contributed by atoms with Crippen LogP contribution < -0.4 is 0 Å². The maximum Gasteiger partial charge on any atom is 0.311 e. The minimum atomic E-state index is -1.28. The van der Waals surface area contributed by atoms with Crippen LogP contribution >= 0.6 is 0 Å². The highest BCUT2D eigenvalue weighted by Crippen LogP contribution is 2.43. The van der Waals surface area contributed by atoms with Gasteiger partial charge in [0.05, 0.1) is 17.8 Å². The zero-order valence-electron chi connectivity index (χ0n) is 9.81. The second kappa shape index (κ2) is 4.72. The van der Waals surface area contributed by atoms with Crippen LogP contribution in [0.4, 0.5) is 0 Å². The van der Waals surface area contributed by atoms with Crippen molar-refractivity contribution in [2.24, 2.45) is 5.92 Å². The number of carbonyl (C=O) groups is 3. The summed E-state index contributed by atoms with van der Waals surface area (Å²) < 4.78 is 0. The lowest BCUT2D eigenvalue weighted by Gasteiger charge is -2.31. The minimum Gasteiger partial charge on any atom is -0.481 e. The predicted molar refractivity (Wildman–Crippen MR) is 62.9 cm³/mol. The van der Waals surface area contributed by atoms with Gasteiger partial charge >= 0.3 is 17.9 Å². The number of carboxylic acid groups (broad SMARTS) is 3. The van der Waals surface area contributed by atoms with Gasteiger partial charge in [0.2, 0.25) is 0 Å². The molecule has 3 N–H and O–H groups in total. The molecule has 2 rings (SSSR count). The zero-order valence-corrected chi connectivity index (χ0v) is 9.81. The molecule has 3 atom stereocenters. The minimum absolute atomic E-state index is 0.210. The van der Waals surface area contributed by atoms with E-state index in [9.17, 15) is 19.5 Å². The van der Waals surface area contributed by atoms with E-state index < -0.39 is 35.7 Å². The van der Waals surface area contributed by atoms with Crippen molar-refractivity contribution in [1.82, 2.24) is 0 Å². The van der Waals surface area contributed by atoms with Crippen molar-refractivity contribution in [2.45, 2.75) is 18.3 Å². The van der Waals surface area contributed by atoms with Crippen molar-refractivity contribution in [1.29, 1.82) is 0 Å². The van der Waals surface area contributed by atoms with Gasteiger partial charge in [0.1, 0.15) is 0 Å². The number of fused-ring (bicyclic) bond motifs is 1. The summed E-state index contributed by atoms with van der Waals surface area (Å²) in [7, 11) is 0. The Balaban J connectivity index is 2.60. The molecule has 0 saturated heterocycles. The summed E-state index contributed by atoms with van der Waals surface area (Å²) >= 11 is 0. The van der Waals surface area contributed by atoms with E-state index in [0.717, 1.165) is 0 Å². The van der Waals surface area contributed by atoms with Crippen molar-refractivity contribution in [3.8, 4) is 0 Å². The molecule has 0 radical (unpaired) electrons. The number of rotatable bonds is 3. The van der Waals surface area contributed by atoms with Gasteiger partial charge in [0, 0.05) is 0 Å². The van der Waals surface area contributed by atoms with E-state index in [-0.39, 0.29) is 12.0 Å². The standard InChI is InChI=1S/C13H12O6/c14-11(15)8-5-9(12(16)17)10(13(18)19)7-4-2-1-3-6(7)8/h1-4,8-10H,5H2,(H,14,15)(H,16,17)(H,18,19). The first kappa shape index (κ1) is 13.1. The summed E-state index contributed by atoms with van der Waals surface area (Å²) in [5.74, 6) is -7.08. The van der Waals surface area contributed by atoms with Crippen molar-refractivity contribution in [3.63, 3.8) is 0 Å². The van der Waals surface area contributed by atoms with E-state index in [0.29, 0.717) is 5.56 Å². The van der Waals surface area contributed by atoms with Crippen LogP contribution in [0.2, 0.25) is 0 Å². The molecule has 1 aliphatic rings. The van der Waals surface area contributed by atoms with Crippen LogP contribution in [-0.2, 0) is 14.4 Å². The number of hydrogen-bond donors (Lipinski definition) is 3. The van der Waals surface area contributed by atoms with Gasteiger partial charge in [-0.1, -0.05) is 24.3 Å². The molecule has 100 valence electrons. The summed E-state index contributed by atoms with van der Waals surface area (Å²) in [5, 5.41) is 27.5. The Morgan fingerprint density at radius 3 is 1.95 bits per heavy atom. The average molecular weight is 264 g/mol. The molecule has 0 spiro atoms. The molecule has 1 aromatic rings. The number of benzene rings is 1. The van der Waals surface area contributed by atoms with E-state index in [1.807, 2.05) is 0 Å². The van der Waals surface area contributed by atoms with Gasteiger partial charge in [-0.3, -0.25) is 14.4 Å². The number of hydrogen-bond acceptors (Lipinski definition) is 3. The van der Waals surface area contributed by atoms with Crippen molar-refractivity contribution < 1.29 is 29.7 Å². The third kappa shape index (κ3) is 2.16. The fraction of sp³-hybridized carbons (Fsp3) is 0.308. The molecule has 0 heterocycles. The molecule has 0 fully saturated rings. The van der Waals surface area contributed by atoms with Crippen LogP contribution in [0.25, 0.3) is 0 Å². The molecule has 0 aromatic heterocycles. The molecule has 6 nitrogen and oxygen atoms in total. The molecule has 19 heavy (non-hydrogen) atoms. The Morgan fingerprint density at radius 2 is 1.47 bits per heavy atom. The molecule has 0 bridgehead atoms. The molecule has 1 aliphatic carbocycles. The van der Waals surface area contributed by atoms with Gasteiger partial charge in [0.25, 0.3) is 0 Å². The van der Waals surface area contributed by atoms with E-state index in [2.05, 4.69) is 0 Å². The Hall–Kier alpha value is -2.37. The normalized spacial score (nSPS) is 25.4. The lowest BCUT2D eigenvalue weighted by atomic mass is 9.70. The molecular weight excluding hydrogens is 252 g/mol. The third-order valence-corrected chi connectivity index (χ3v) is 3.48. The number of aliphatic carboxylic acids is 3. The van der Waals surface area contributed by atoms with Gasteiger partial charge in [0.15, 0.2) is 0 Å². The van der Waals surface area contributed by atoms with Crippen molar-refractivity contribution >= 4 is 17.9 Å². The van der Waals surface area contributed by atoms with E-state index in [1.165, 1.54) is 6.07 Å². The monoisotopic (exact) mass is 264 g/mol. The third-order valence-electron chi connectivity index (χ3n) is 3.48. The summed E-state index contributed by atoms with van der Waals surface area (Å²) in [6.07, 6.45) is -0.210. The van der Waals surface area contributed by atoms with Crippen LogP contribution in [0, 0.1) is 5.92 Å². The smallest absolute Gasteiger partial charge is 0.311 e. The van der Waals surface area contributed by atoms with Crippen molar-refractivity contribution in [2.75, 3.05) is 0 Å². The van der Waals surface area contributed by atoms with Gasteiger partial charge in [-0.15, -0.1) is 0 Å². The highest BCUT2D eigenvalue weighted by Gasteiger charge is 2.44. The largest absolute Gasteiger partial charge is 0.481 e. The van der Waals surface area contributed by atoms with Crippen LogP contribution in [0.1, 0.15) is 29.4 Å². The lowest BCUT2D eigenvalue weighted by Crippen LogP contribution is -2.36. The molecule has 1 aromatic carbocycles. The Morgan fingerprint density at radius 1 is 0.895 bits per heavy atom. The topological polar surface area (TPSA) is 112 Å². The molecule has 3 unspecified atom stereocenters. The molecule has 0 aliphatic heterocycles. The highest BCUT2D eigenvalue weighted by atomic mass is 16.4. The molecule has 0 amide bonds. The van der Waals surface area contributed by atoms with Gasteiger partial charge < -0.3 is 15.3 Å². The van der Waals surface area contributed by atoms with E-state index in [4.69, 9.17) is 10.2 Å². The quantitative estimate of drug-likeness (QED) is 0.754. The Bertz CT molecular complexity index is 550. The Labute approximate surface area is 108 Å². The van der Waals surface area contributed by atoms with Crippen LogP contribution in [0.5, 0.6) is 0 Å². The van der Waals surface area contributed by atoms with E-state index >= 15 is 0 Å². The first-order valence-corrected chi connectivity index (χ1v) is 5.70. The van der Waals surface area contributed by atoms with Crippen LogP contribution in [0.3, 0.4) is 0 Å². The van der Waals surface area contributed by atoms with Gasteiger partial charge in [-0.25, -0.2) is 0 Å². The predicted octanol–water partition coefficient (Wildman–Crippen LogP) is 1.13. The van der Waals surface area contributed by atoms with E-state index in [1.54, 1.807) is 18.2 Å². The maximum absolute atomic E-state index is 11.3. The first-order valence-electron chi connectivity index (χ1n) is 5.70. The van der Waals surface area contributed by atoms with Crippen LogP contribution in [-0.4, -0.2) is 33.2 Å². The Kier molecular flexibility index (Phi) is 3.25. The first-order chi connectivity index (χ1) is 8.93.